The number of anilines is 1. The lowest BCUT2D eigenvalue weighted by atomic mass is 10.1. The second-order valence-corrected chi connectivity index (χ2v) is 4.89. The summed E-state index contributed by atoms with van der Waals surface area (Å²) in [6.45, 7) is 1.72. The van der Waals surface area contributed by atoms with Crippen molar-refractivity contribution in [1.29, 1.82) is 0 Å². The summed E-state index contributed by atoms with van der Waals surface area (Å²) in [4.78, 5) is 24.2. The number of nitrogens with one attached hydrogen (secondary N) is 1. The lowest BCUT2D eigenvalue weighted by Crippen LogP contribution is -2.20. The van der Waals surface area contributed by atoms with E-state index in [1.807, 2.05) is 6.07 Å². The van der Waals surface area contributed by atoms with Crippen LogP contribution in [0.4, 0.5) is 5.88 Å². The SMILES string of the molecule is Cc1ccc(NC(=O)c2c(O)cc(-c3ccccc3)oc2=O)o1. The molecule has 0 spiro atoms. The van der Waals surface area contributed by atoms with E-state index in [2.05, 4.69) is 5.32 Å². The summed E-state index contributed by atoms with van der Waals surface area (Å²) >= 11 is 0. The molecule has 116 valence electrons. The number of hydrogen-bond donors (Lipinski definition) is 2. The molecule has 1 amide bonds. The average molecular weight is 311 g/mol. The Morgan fingerprint density at radius 1 is 1.09 bits per heavy atom. The molecule has 0 radical (unpaired) electrons. The summed E-state index contributed by atoms with van der Waals surface area (Å²) in [5.74, 6) is -0.293. The van der Waals surface area contributed by atoms with E-state index < -0.39 is 22.8 Å². The minimum absolute atomic E-state index is 0.179. The quantitative estimate of drug-likeness (QED) is 0.775. The number of carbonyl (C=O) groups is 1. The number of furan rings is 1. The fraction of sp³-hybridized carbons (Fsp3) is 0.0588. The van der Waals surface area contributed by atoms with Crippen molar-refractivity contribution in [3.05, 3.63) is 70.3 Å². The van der Waals surface area contributed by atoms with Crippen LogP contribution in [-0.2, 0) is 0 Å². The van der Waals surface area contributed by atoms with Gasteiger partial charge in [0.2, 0.25) is 0 Å². The monoisotopic (exact) mass is 311 g/mol. The van der Waals surface area contributed by atoms with Crippen LogP contribution < -0.4 is 10.9 Å². The maximum atomic E-state index is 12.1. The van der Waals surface area contributed by atoms with Gasteiger partial charge in [-0.3, -0.25) is 10.1 Å². The summed E-state index contributed by atoms with van der Waals surface area (Å²) in [6, 6.07) is 13.2. The van der Waals surface area contributed by atoms with E-state index in [4.69, 9.17) is 8.83 Å². The average Bonchev–Trinajstić information content (AvgIpc) is 2.92. The Balaban J connectivity index is 1.94. The normalized spacial score (nSPS) is 10.5. The van der Waals surface area contributed by atoms with Gasteiger partial charge in [-0.15, -0.1) is 0 Å². The molecule has 0 saturated carbocycles. The maximum Gasteiger partial charge on any atom is 0.353 e. The second kappa shape index (κ2) is 5.84. The first-order valence-electron chi connectivity index (χ1n) is 6.85. The molecule has 2 heterocycles. The Morgan fingerprint density at radius 2 is 1.83 bits per heavy atom. The first-order valence-corrected chi connectivity index (χ1v) is 6.85. The van der Waals surface area contributed by atoms with Crippen LogP contribution in [0.25, 0.3) is 11.3 Å². The first-order chi connectivity index (χ1) is 11.0. The summed E-state index contributed by atoms with van der Waals surface area (Å²) in [7, 11) is 0. The summed E-state index contributed by atoms with van der Waals surface area (Å²) in [5.41, 5.74) is -0.781. The standard InChI is InChI=1S/C17H13NO5/c1-10-7-8-14(22-10)18-16(20)15-12(19)9-13(23-17(15)21)11-5-3-2-4-6-11/h2-9,19H,1H3,(H,18,20). The zero-order chi connectivity index (χ0) is 16.4. The van der Waals surface area contributed by atoms with Gasteiger partial charge in [0.15, 0.2) is 11.4 Å². The predicted molar refractivity (Wildman–Crippen MR) is 83.5 cm³/mol. The third kappa shape index (κ3) is 3.01. The highest BCUT2D eigenvalue weighted by Crippen LogP contribution is 2.24. The van der Waals surface area contributed by atoms with Crippen LogP contribution in [0, 0.1) is 6.92 Å². The van der Waals surface area contributed by atoms with Crippen molar-refractivity contribution in [2.75, 3.05) is 5.32 Å². The molecule has 2 N–H and O–H groups in total. The molecular formula is C17H13NO5. The molecule has 2 aromatic heterocycles. The van der Waals surface area contributed by atoms with Gasteiger partial charge in [-0.1, -0.05) is 30.3 Å². The molecule has 3 rings (SSSR count). The molecule has 0 atom stereocenters. The number of aryl methyl sites for hydroxylation is 1. The van der Waals surface area contributed by atoms with Crippen molar-refractivity contribution >= 4 is 11.8 Å². The fourth-order valence-corrected chi connectivity index (χ4v) is 2.11. The highest BCUT2D eigenvalue weighted by atomic mass is 16.4. The Hall–Kier alpha value is -3.28. The molecule has 3 aromatic rings. The van der Waals surface area contributed by atoms with Crippen molar-refractivity contribution < 1.29 is 18.7 Å². The third-order valence-electron chi connectivity index (χ3n) is 3.19. The van der Waals surface area contributed by atoms with Gasteiger partial charge < -0.3 is 13.9 Å². The highest BCUT2D eigenvalue weighted by molar-refractivity contribution is 6.05. The van der Waals surface area contributed by atoms with E-state index in [1.54, 1.807) is 43.3 Å². The van der Waals surface area contributed by atoms with Gasteiger partial charge >= 0.3 is 5.63 Å². The van der Waals surface area contributed by atoms with Crippen molar-refractivity contribution in [2.45, 2.75) is 6.92 Å². The maximum absolute atomic E-state index is 12.1. The number of rotatable bonds is 3. The number of carbonyl (C=O) groups excluding carboxylic acids is 1. The van der Waals surface area contributed by atoms with Gasteiger partial charge in [-0.25, -0.2) is 4.79 Å². The number of hydrogen-bond acceptors (Lipinski definition) is 5. The van der Waals surface area contributed by atoms with Gasteiger partial charge in [0.1, 0.15) is 17.3 Å². The highest BCUT2D eigenvalue weighted by Gasteiger charge is 2.20. The molecule has 0 unspecified atom stereocenters. The third-order valence-corrected chi connectivity index (χ3v) is 3.19. The van der Waals surface area contributed by atoms with E-state index >= 15 is 0 Å². The van der Waals surface area contributed by atoms with Crippen LogP contribution in [-0.4, -0.2) is 11.0 Å². The zero-order valence-electron chi connectivity index (χ0n) is 12.2. The predicted octanol–water partition coefficient (Wildman–Crippen LogP) is 3.17. The summed E-state index contributed by atoms with van der Waals surface area (Å²) in [5, 5.41) is 12.4. The minimum atomic E-state index is -0.926. The minimum Gasteiger partial charge on any atom is -0.507 e. The fourth-order valence-electron chi connectivity index (χ4n) is 2.11. The van der Waals surface area contributed by atoms with Gasteiger partial charge in [0.25, 0.3) is 5.91 Å². The number of aromatic hydroxyl groups is 1. The van der Waals surface area contributed by atoms with Gasteiger partial charge in [0, 0.05) is 17.7 Å². The van der Waals surface area contributed by atoms with Crippen LogP contribution in [0.1, 0.15) is 16.1 Å². The lowest BCUT2D eigenvalue weighted by Gasteiger charge is -2.05. The van der Waals surface area contributed by atoms with Crippen LogP contribution in [0.3, 0.4) is 0 Å². The van der Waals surface area contributed by atoms with E-state index in [9.17, 15) is 14.7 Å². The van der Waals surface area contributed by atoms with Gasteiger partial charge in [-0.2, -0.15) is 0 Å². The van der Waals surface area contributed by atoms with E-state index in [0.717, 1.165) is 0 Å². The Bertz CT molecular complexity index is 908. The van der Waals surface area contributed by atoms with Crippen molar-refractivity contribution in [3.8, 4) is 17.1 Å². The van der Waals surface area contributed by atoms with Crippen LogP contribution in [0.15, 0.2) is 62.2 Å². The molecular weight excluding hydrogens is 298 g/mol. The van der Waals surface area contributed by atoms with E-state index in [0.29, 0.717) is 11.3 Å². The van der Waals surface area contributed by atoms with Crippen molar-refractivity contribution in [3.63, 3.8) is 0 Å². The molecule has 1 aromatic carbocycles. The molecule has 0 aliphatic rings. The molecule has 6 nitrogen and oxygen atoms in total. The Labute approximate surface area is 131 Å². The summed E-state index contributed by atoms with van der Waals surface area (Å²) < 4.78 is 10.3. The molecule has 23 heavy (non-hydrogen) atoms. The van der Waals surface area contributed by atoms with Gasteiger partial charge in [-0.05, 0) is 13.0 Å². The Morgan fingerprint density at radius 3 is 2.43 bits per heavy atom. The summed E-state index contributed by atoms with van der Waals surface area (Å²) in [6.07, 6.45) is 0. The molecule has 0 saturated heterocycles. The van der Waals surface area contributed by atoms with Crippen LogP contribution in [0.5, 0.6) is 5.75 Å². The molecule has 6 heteroatoms. The van der Waals surface area contributed by atoms with Crippen LogP contribution in [0.2, 0.25) is 0 Å². The zero-order valence-corrected chi connectivity index (χ0v) is 12.2. The molecule has 0 fully saturated rings. The van der Waals surface area contributed by atoms with Gasteiger partial charge in [0.05, 0.1) is 0 Å². The molecule has 0 bridgehead atoms. The second-order valence-electron chi connectivity index (χ2n) is 4.89. The molecule has 0 aliphatic carbocycles. The Kier molecular flexibility index (Phi) is 3.72. The topological polar surface area (TPSA) is 92.7 Å². The van der Waals surface area contributed by atoms with E-state index in [-0.39, 0.29) is 11.6 Å². The number of amides is 1. The smallest absolute Gasteiger partial charge is 0.353 e. The largest absolute Gasteiger partial charge is 0.507 e. The van der Waals surface area contributed by atoms with Crippen LogP contribution >= 0.6 is 0 Å². The number of benzene rings is 1. The van der Waals surface area contributed by atoms with E-state index in [1.165, 1.54) is 6.07 Å². The lowest BCUT2D eigenvalue weighted by molar-refractivity contribution is 0.101. The van der Waals surface area contributed by atoms with Crippen molar-refractivity contribution in [2.24, 2.45) is 0 Å². The van der Waals surface area contributed by atoms with Crippen molar-refractivity contribution in [1.82, 2.24) is 0 Å². The molecule has 0 aliphatic heterocycles. The first kappa shape index (κ1) is 14.6.